The number of thiocarbonyl (C=S) groups is 1. The molecule has 0 saturated carbocycles. The van der Waals surface area contributed by atoms with Gasteiger partial charge in [0.05, 0.1) is 5.37 Å². The second kappa shape index (κ2) is 5.95. The summed E-state index contributed by atoms with van der Waals surface area (Å²) in [6.45, 7) is 0. The SMILES string of the molecule is O=CCCCC(S)N1C(=O)CC(=O)NC1=S. The highest BCUT2D eigenvalue weighted by molar-refractivity contribution is 7.81. The first-order valence-electron chi connectivity index (χ1n) is 4.84. The molecule has 1 aliphatic heterocycles. The molecular weight excluding hydrogens is 248 g/mol. The second-order valence-electron chi connectivity index (χ2n) is 3.37. The molecule has 1 N–H and O–H groups in total. The number of unbranched alkanes of at least 4 members (excludes halogenated alkanes) is 1. The maximum atomic E-state index is 11.5. The van der Waals surface area contributed by atoms with Crippen LogP contribution < -0.4 is 5.32 Å². The summed E-state index contributed by atoms with van der Waals surface area (Å²) in [7, 11) is 0. The lowest BCUT2D eigenvalue weighted by molar-refractivity contribution is -0.135. The van der Waals surface area contributed by atoms with Gasteiger partial charge in [-0.15, -0.1) is 0 Å². The fraction of sp³-hybridized carbons (Fsp3) is 0.556. The fourth-order valence-corrected chi connectivity index (χ4v) is 2.22. The number of amides is 2. The van der Waals surface area contributed by atoms with Gasteiger partial charge in [-0.2, -0.15) is 12.6 Å². The Morgan fingerprint density at radius 2 is 2.25 bits per heavy atom. The summed E-state index contributed by atoms with van der Waals surface area (Å²) in [6, 6.07) is 0. The molecule has 0 spiro atoms. The van der Waals surface area contributed by atoms with Gasteiger partial charge in [0.15, 0.2) is 5.11 Å². The fourth-order valence-electron chi connectivity index (χ4n) is 1.37. The normalized spacial score (nSPS) is 18.3. The number of thiol groups is 1. The van der Waals surface area contributed by atoms with Crippen molar-refractivity contribution in [3.05, 3.63) is 0 Å². The number of carbonyl (C=O) groups is 3. The van der Waals surface area contributed by atoms with Gasteiger partial charge in [-0.1, -0.05) is 0 Å². The van der Waals surface area contributed by atoms with Gasteiger partial charge in [0.2, 0.25) is 11.8 Å². The molecule has 1 saturated heterocycles. The van der Waals surface area contributed by atoms with E-state index in [1.807, 2.05) is 0 Å². The molecule has 1 unspecified atom stereocenters. The van der Waals surface area contributed by atoms with E-state index >= 15 is 0 Å². The van der Waals surface area contributed by atoms with Crippen LogP contribution in [0.1, 0.15) is 25.7 Å². The second-order valence-corrected chi connectivity index (χ2v) is 4.35. The topological polar surface area (TPSA) is 66.5 Å². The van der Waals surface area contributed by atoms with E-state index in [0.29, 0.717) is 19.3 Å². The van der Waals surface area contributed by atoms with E-state index < -0.39 is 0 Å². The molecule has 0 aromatic carbocycles. The zero-order valence-corrected chi connectivity index (χ0v) is 10.2. The molecule has 2 amide bonds. The van der Waals surface area contributed by atoms with Crippen LogP contribution in [0.5, 0.6) is 0 Å². The summed E-state index contributed by atoms with van der Waals surface area (Å²) < 4.78 is 0. The van der Waals surface area contributed by atoms with Gasteiger partial charge in [0.25, 0.3) is 0 Å². The van der Waals surface area contributed by atoms with Crippen molar-refractivity contribution in [3.8, 4) is 0 Å². The third kappa shape index (κ3) is 3.28. The molecule has 0 bridgehead atoms. The van der Waals surface area contributed by atoms with Crippen LogP contribution >= 0.6 is 24.8 Å². The van der Waals surface area contributed by atoms with Crippen LogP contribution in [-0.4, -0.2) is 33.5 Å². The number of rotatable bonds is 5. The zero-order chi connectivity index (χ0) is 12.1. The Hall–Kier alpha value is -0.950. The van der Waals surface area contributed by atoms with E-state index in [1.54, 1.807) is 0 Å². The lowest BCUT2D eigenvalue weighted by Crippen LogP contribution is -2.55. The van der Waals surface area contributed by atoms with Crippen molar-refractivity contribution in [1.82, 2.24) is 10.2 Å². The number of aldehydes is 1. The van der Waals surface area contributed by atoms with Gasteiger partial charge in [0.1, 0.15) is 12.7 Å². The predicted molar refractivity (Wildman–Crippen MR) is 64.9 cm³/mol. The number of carbonyl (C=O) groups excluding carboxylic acids is 3. The highest BCUT2D eigenvalue weighted by Crippen LogP contribution is 2.16. The van der Waals surface area contributed by atoms with E-state index in [0.717, 1.165) is 6.29 Å². The summed E-state index contributed by atoms with van der Waals surface area (Å²) in [5.74, 6) is -0.737. The lowest BCUT2D eigenvalue weighted by Gasteiger charge is -2.31. The Morgan fingerprint density at radius 3 is 2.81 bits per heavy atom. The van der Waals surface area contributed by atoms with Gasteiger partial charge >= 0.3 is 0 Å². The minimum Gasteiger partial charge on any atom is -0.303 e. The van der Waals surface area contributed by atoms with E-state index in [4.69, 9.17) is 12.2 Å². The standard InChI is InChI=1S/C9H12N2O3S2/c12-4-2-1-3-8(15)11-7(14)5-6(13)10-9(11)16/h4,8,15H,1-3,5H2,(H,10,13,16). The first-order valence-corrected chi connectivity index (χ1v) is 5.76. The van der Waals surface area contributed by atoms with Gasteiger partial charge in [0, 0.05) is 6.42 Å². The smallest absolute Gasteiger partial charge is 0.239 e. The summed E-state index contributed by atoms with van der Waals surface area (Å²) in [4.78, 5) is 34.0. The maximum Gasteiger partial charge on any atom is 0.239 e. The Morgan fingerprint density at radius 1 is 1.56 bits per heavy atom. The third-order valence-electron chi connectivity index (χ3n) is 2.13. The minimum atomic E-state index is -0.389. The summed E-state index contributed by atoms with van der Waals surface area (Å²) in [5, 5.41) is 2.11. The van der Waals surface area contributed by atoms with Crippen molar-refractivity contribution >= 4 is 48.1 Å². The molecule has 16 heavy (non-hydrogen) atoms. The van der Waals surface area contributed by atoms with Gasteiger partial charge in [-0.25, -0.2) is 0 Å². The molecule has 1 aliphatic rings. The molecule has 1 rings (SSSR count). The summed E-state index contributed by atoms with van der Waals surface area (Å²) in [6.07, 6.45) is 2.24. The molecule has 0 aromatic rings. The first kappa shape index (κ1) is 13.1. The highest BCUT2D eigenvalue weighted by Gasteiger charge is 2.31. The molecular formula is C9H12N2O3S2. The molecule has 1 heterocycles. The number of nitrogens with zero attached hydrogens (tertiary/aromatic N) is 1. The minimum absolute atomic E-state index is 0.0901. The third-order valence-corrected chi connectivity index (χ3v) is 2.92. The Kier molecular flexibility index (Phi) is 4.88. The van der Waals surface area contributed by atoms with Gasteiger partial charge < -0.3 is 10.1 Å². The van der Waals surface area contributed by atoms with Crippen LogP contribution in [0.2, 0.25) is 0 Å². The van der Waals surface area contributed by atoms with Crippen molar-refractivity contribution in [2.24, 2.45) is 0 Å². The van der Waals surface area contributed by atoms with Crippen molar-refractivity contribution in [1.29, 1.82) is 0 Å². The average Bonchev–Trinajstić information content (AvgIpc) is 2.16. The summed E-state index contributed by atoms with van der Waals surface area (Å²) >= 11 is 9.14. The number of hydrogen-bond donors (Lipinski definition) is 2. The molecule has 0 aromatic heterocycles. The van der Waals surface area contributed by atoms with Crippen LogP contribution in [-0.2, 0) is 14.4 Å². The van der Waals surface area contributed by atoms with Crippen LogP contribution in [0.4, 0.5) is 0 Å². The van der Waals surface area contributed by atoms with Gasteiger partial charge in [-0.05, 0) is 25.1 Å². The average molecular weight is 260 g/mol. The van der Waals surface area contributed by atoms with E-state index in [-0.39, 0.29) is 28.7 Å². The Labute approximate surface area is 104 Å². The van der Waals surface area contributed by atoms with Crippen molar-refractivity contribution in [3.63, 3.8) is 0 Å². The molecule has 1 fully saturated rings. The van der Waals surface area contributed by atoms with E-state index in [1.165, 1.54) is 4.90 Å². The van der Waals surface area contributed by atoms with Crippen LogP contribution in [0.15, 0.2) is 0 Å². The largest absolute Gasteiger partial charge is 0.303 e. The molecule has 5 nitrogen and oxygen atoms in total. The van der Waals surface area contributed by atoms with Crippen LogP contribution in [0.3, 0.4) is 0 Å². The Bertz CT molecular complexity index is 313. The molecule has 7 heteroatoms. The summed E-state index contributed by atoms with van der Waals surface area (Å²) in [5.41, 5.74) is 0. The highest BCUT2D eigenvalue weighted by atomic mass is 32.1. The number of nitrogens with one attached hydrogen (secondary N) is 1. The number of hydrogen-bond acceptors (Lipinski definition) is 5. The lowest BCUT2D eigenvalue weighted by atomic mass is 10.2. The Balaban J connectivity index is 2.56. The molecule has 88 valence electrons. The molecule has 1 atom stereocenters. The predicted octanol–water partition coefficient (Wildman–Crippen LogP) is 0.245. The van der Waals surface area contributed by atoms with Crippen molar-refractivity contribution in [2.75, 3.05) is 0 Å². The maximum absolute atomic E-state index is 11.5. The zero-order valence-electron chi connectivity index (χ0n) is 8.51. The van der Waals surface area contributed by atoms with Gasteiger partial charge in [-0.3, -0.25) is 14.5 Å². The molecule has 0 radical (unpaired) electrons. The van der Waals surface area contributed by atoms with Crippen molar-refractivity contribution in [2.45, 2.75) is 31.1 Å². The van der Waals surface area contributed by atoms with Crippen LogP contribution in [0.25, 0.3) is 0 Å². The first-order chi connectivity index (χ1) is 7.56. The van der Waals surface area contributed by atoms with E-state index in [2.05, 4.69) is 17.9 Å². The van der Waals surface area contributed by atoms with Crippen LogP contribution in [0, 0.1) is 0 Å². The monoisotopic (exact) mass is 260 g/mol. The quantitative estimate of drug-likeness (QED) is 0.244. The van der Waals surface area contributed by atoms with E-state index in [9.17, 15) is 14.4 Å². The van der Waals surface area contributed by atoms with Crippen molar-refractivity contribution < 1.29 is 14.4 Å². The molecule has 0 aliphatic carbocycles.